The fourth-order valence-corrected chi connectivity index (χ4v) is 2.65. The summed E-state index contributed by atoms with van der Waals surface area (Å²) in [6.45, 7) is 3.91. The van der Waals surface area contributed by atoms with Crippen LogP contribution in [0.4, 0.5) is 23.1 Å². The molecule has 0 bridgehead atoms. The summed E-state index contributed by atoms with van der Waals surface area (Å²) in [5.74, 6) is 2.01. The monoisotopic (exact) mass is 354 g/mol. The fraction of sp³-hybridized carbons (Fsp3) is 0.158. The molecule has 0 aliphatic rings. The maximum absolute atomic E-state index is 6.01. The van der Waals surface area contributed by atoms with E-state index in [2.05, 4.69) is 20.6 Å². The first kappa shape index (κ1) is 17.0. The zero-order valence-electron chi connectivity index (χ0n) is 14.3. The SMILES string of the molecule is COc1cccc(Nc2cc(C)nc(Nc3ccc(Cl)cc3C)n2)c1. The molecule has 5 nitrogen and oxygen atoms in total. The van der Waals surface area contributed by atoms with Crippen molar-refractivity contribution < 1.29 is 4.74 Å². The molecule has 0 saturated carbocycles. The molecule has 128 valence electrons. The number of benzene rings is 2. The van der Waals surface area contributed by atoms with Crippen LogP contribution in [0.15, 0.2) is 48.5 Å². The van der Waals surface area contributed by atoms with Crippen molar-refractivity contribution in [2.45, 2.75) is 13.8 Å². The Kier molecular flexibility index (Phi) is 5.05. The molecule has 0 saturated heterocycles. The van der Waals surface area contributed by atoms with Gasteiger partial charge in [-0.25, -0.2) is 4.98 Å². The van der Waals surface area contributed by atoms with Crippen molar-refractivity contribution in [3.05, 3.63) is 64.8 Å². The quantitative estimate of drug-likeness (QED) is 0.656. The lowest BCUT2D eigenvalue weighted by atomic mass is 10.2. The van der Waals surface area contributed by atoms with E-state index in [9.17, 15) is 0 Å². The highest BCUT2D eigenvalue weighted by molar-refractivity contribution is 6.30. The molecule has 2 N–H and O–H groups in total. The second kappa shape index (κ2) is 7.40. The van der Waals surface area contributed by atoms with Crippen molar-refractivity contribution in [2.24, 2.45) is 0 Å². The van der Waals surface area contributed by atoms with Gasteiger partial charge in [-0.3, -0.25) is 0 Å². The number of ether oxygens (including phenoxy) is 1. The topological polar surface area (TPSA) is 59.1 Å². The molecule has 0 aliphatic carbocycles. The maximum atomic E-state index is 6.01. The summed E-state index contributed by atoms with van der Waals surface area (Å²) < 4.78 is 5.25. The van der Waals surface area contributed by atoms with Crippen LogP contribution in [0.3, 0.4) is 0 Å². The average Bonchev–Trinajstić information content (AvgIpc) is 2.57. The average molecular weight is 355 g/mol. The van der Waals surface area contributed by atoms with Gasteiger partial charge in [0.25, 0.3) is 0 Å². The highest BCUT2D eigenvalue weighted by Gasteiger charge is 2.06. The summed E-state index contributed by atoms with van der Waals surface area (Å²) in [5, 5.41) is 7.22. The molecule has 0 atom stereocenters. The summed E-state index contributed by atoms with van der Waals surface area (Å²) in [7, 11) is 1.64. The van der Waals surface area contributed by atoms with Crippen LogP contribution in [0.5, 0.6) is 5.75 Å². The van der Waals surface area contributed by atoms with Crippen molar-refractivity contribution in [1.29, 1.82) is 0 Å². The second-order valence-corrected chi connectivity index (χ2v) is 6.10. The molecule has 0 amide bonds. The van der Waals surface area contributed by atoms with Crippen LogP contribution in [0.1, 0.15) is 11.3 Å². The molecular weight excluding hydrogens is 336 g/mol. The van der Waals surface area contributed by atoms with Crippen LogP contribution in [0.25, 0.3) is 0 Å². The number of nitrogens with one attached hydrogen (secondary N) is 2. The normalized spacial score (nSPS) is 10.4. The van der Waals surface area contributed by atoms with Crippen molar-refractivity contribution in [1.82, 2.24) is 9.97 Å². The highest BCUT2D eigenvalue weighted by atomic mass is 35.5. The Morgan fingerprint density at radius 3 is 2.56 bits per heavy atom. The molecule has 0 aliphatic heterocycles. The maximum Gasteiger partial charge on any atom is 0.229 e. The Morgan fingerprint density at radius 1 is 0.960 bits per heavy atom. The van der Waals surface area contributed by atoms with Crippen LogP contribution in [-0.2, 0) is 0 Å². The van der Waals surface area contributed by atoms with Crippen molar-refractivity contribution in [3.63, 3.8) is 0 Å². The van der Waals surface area contributed by atoms with Gasteiger partial charge >= 0.3 is 0 Å². The Labute approximate surface area is 152 Å². The Bertz CT molecular complexity index is 898. The van der Waals surface area contributed by atoms with E-state index in [1.807, 2.05) is 62.4 Å². The van der Waals surface area contributed by atoms with E-state index in [-0.39, 0.29) is 0 Å². The zero-order valence-corrected chi connectivity index (χ0v) is 15.1. The minimum absolute atomic E-state index is 0.524. The van der Waals surface area contributed by atoms with E-state index >= 15 is 0 Å². The summed E-state index contributed by atoms with van der Waals surface area (Å²) >= 11 is 6.01. The van der Waals surface area contributed by atoms with Crippen LogP contribution in [-0.4, -0.2) is 17.1 Å². The minimum atomic E-state index is 0.524. The van der Waals surface area contributed by atoms with E-state index in [1.54, 1.807) is 7.11 Å². The summed E-state index contributed by atoms with van der Waals surface area (Å²) in [6, 6.07) is 15.2. The van der Waals surface area contributed by atoms with Gasteiger partial charge in [-0.05, 0) is 49.7 Å². The van der Waals surface area contributed by atoms with Gasteiger partial charge in [-0.2, -0.15) is 4.98 Å². The lowest BCUT2D eigenvalue weighted by molar-refractivity contribution is 0.415. The van der Waals surface area contributed by atoms with E-state index in [0.717, 1.165) is 28.4 Å². The first-order valence-corrected chi connectivity index (χ1v) is 8.21. The standard InChI is InChI=1S/C19H19ClN4O/c1-12-9-14(20)7-8-17(12)23-19-21-13(2)10-18(24-19)22-15-5-4-6-16(11-15)25-3/h4-11H,1-3H3,(H2,21,22,23,24). The molecule has 2 aromatic carbocycles. The number of rotatable bonds is 5. The fourth-order valence-electron chi connectivity index (χ4n) is 2.42. The van der Waals surface area contributed by atoms with Gasteiger partial charge in [0, 0.05) is 34.2 Å². The van der Waals surface area contributed by atoms with Crippen LogP contribution in [0, 0.1) is 13.8 Å². The second-order valence-electron chi connectivity index (χ2n) is 5.66. The first-order valence-electron chi connectivity index (χ1n) is 7.83. The van der Waals surface area contributed by atoms with Gasteiger partial charge in [0.1, 0.15) is 11.6 Å². The van der Waals surface area contributed by atoms with E-state index < -0.39 is 0 Å². The van der Waals surface area contributed by atoms with E-state index in [0.29, 0.717) is 16.8 Å². The number of methoxy groups -OCH3 is 1. The van der Waals surface area contributed by atoms with E-state index in [4.69, 9.17) is 16.3 Å². The summed E-state index contributed by atoms with van der Waals surface area (Å²) in [4.78, 5) is 8.98. The lowest BCUT2D eigenvalue weighted by Crippen LogP contribution is -2.03. The molecular formula is C19H19ClN4O. The third kappa shape index (κ3) is 4.39. The predicted molar refractivity (Wildman–Crippen MR) is 103 cm³/mol. The molecule has 1 aromatic heterocycles. The Morgan fingerprint density at radius 2 is 1.80 bits per heavy atom. The third-order valence-corrected chi connectivity index (χ3v) is 3.87. The molecule has 0 radical (unpaired) electrons. The number of nitrogens with zero attached hydrogens (tertiary/aromatic N) is 2. The number of hydrogen-bond donors (Lipinski definition) is 2. The van der Waals surface area contributed by atoms with Gasteiger partial charge in [-0.15, -0.1) is 0 Å². The van der Waals surface area contributed by atoms with Crippen molar-refractivity contribution in [2.75, 3.05) is 17.7 Å². The smallest absolute Gasteiger partial charge is 0.229 e. The number of hydrogen-bond acceptors (Lipinski definition) is 5. The molecule has 1 heterocycles. The first-order chi connectivity index (χ1) is 12.0. The Balaban J connectivity index is 1.84. The number of aromatic nitrogens is 2. The van der Waals surface area contributed by atoms with Crippen molar-refractivity contribution in [3.8, 4) is 5.75 Å². The van der Waals surface area contributed by atoms with Gasteiger partial charge < -0.3 is 15.4 Å². The largest absolute Gasteiger partial charge is 0.497 e. The molecule has 3 aromatic rings. The highest BCUT2D eigenvalue weighted by Crippen LogP contribution is 2.24. The zero-order chi connectivity index (χ0) is 17.8. The molecule has 25 heavy (non-hydrogen) atoms. The summed E-state index contributed by atoms with van der Waals surface area (Å²) in [5.41, 5.74) is 3.70. The third-order valence-electron chi connectivity index (χ3n) is 3.63. The van der Waals surface area contributed by atoms with Crippen molar-refractivity contribution >= 4 is 34.7 Å². The van der Waals surface area contributed by atoms with Crippen LogP contribution in [0.2, 0.25) is 5.02 Å². The summed E-state index contributed by atoms with van der Waals surface area (Å²) in [6.07, 6.45) is 0. The predicted octanol–water partition coefficient (Wildman–Crippen LogP) is 5.24. The molecule has 0 spiro atoms. The van der Waals surface area contributed by atoms with Crippen LogP contribution >= 0.6 is 11.6 Å². The van der Waals surface area contributed by atoms with Gasteiger partial charge in [-0.1, -0.05) is 17.7 Å². The number of aryl methyl sites for hydroxylation is 2. The molecule has 6 heteroatoms. The van der Waals surface area contributed by atoms with E-state index in [1.165, 1.54) is 0 Å². The van der Waals surface area contributed by atoms with Gasteiger partial charge in [0.05, 0.1) is 7.11 Å². The molecule has 0 unspecified atom stereocenters. The number of halogens is 1. The number of anilines is 4. The molecule has 0 fully saturated rings. The molecule has 3 rings (SSSR count). The van der Waals surface area contributed by atoms with Crippen LogP contribution < -0.4 is 15.4 Å². The minimum Gasteiger partial charge on any atom is -0.497 e. The lowest BCUT2D eigenvalue weighted by Gasteiger charge is -2.12. The van der Waals surface area contributed by atoms with Gasteiger partial charge in [0.15, 0.2) is 0 Å². The Hall–Kier alpha value is -2.79. The van der Waals surface area contributed by atoms with Gasteiger partial charge in [0.2, 0.25) is 5.95 Å².